The van der Waals surface area contributed by atoms with E-state index in [1.165, 1.54) is 0 Å². The number of hydrogen-bond acceptors (Lipinski definition) is 4. The van der Waals surface area contributed by atoms with Crippen LogP contribution in [0.2, 0.25) is 5.02 Å². The number of hydrogen-bond donors (Lipinski definition) is 0. The van der Waals surface area contributed by atoms with Gasteiger partial charge in [0.05, 0.1) is 5.92 Å². The van der Waals surface area contributed by atoms with Gasteiger partial charge < -0.3 is 9.64 Å². The van der Waals surface area contributed by atoms with Crippen LogP contribution in [0.5, 0.6) is 5.75 Å². The molecule has 1 aromatic heterocycles. The smallest absolute Gasteiger partial charge is 0.316 e. The second-order valence-electron chi connectivity index (χ2n) is 6.14. The van der Waals surface area contributed by atoms with Crippen molar-refractivity contribution in [3.8, 4) is 5.75 Å². The van der Waals surface area contributed by atoms with Crippen molar-refractivity contribution < 1.29 is 14.3 Å². The molecule has 1 saturated heterocycles. The Morgan fingerprint density at radius 2 is 1.96 bits per heavy atom. The fourth-order valence-corrected chi connectivity index (χ4v) is 3.29. The average Bonchev–Trinajstić information content (AvgIpc) is 3.04. The highest BCUT2D eigenvalue weighted by molar-refractivity contribution is 6.31. The molecule has 1 fully saturated rings. The number of esters is 1. The van der Waals surface area contributed by atoms with Crippen LogP contribution in [0.3, 0.4) is 0 Å². The molecule has 0 N–H and O–H groups in total. The molecule has 130 valence electrons. The summed E-state index contributed by atoms with van der Waals surface area (Å²) in [6.07, 6.45) is 1.77. The largest absolute Gasteiger partial charge is 0.424 e. The minimum atomic E-state index is -0.527. The number of benzene rings is 2. The van der Waals surface area contributed by atoms with Crippen LogP contribution < -0.4 is 9.64 Å². The van der Waals surface area contributed by atoms with E-state index < -0.39 is 11.9 Å². The topological polar surface area (TPSA) is 59.5 Å². The lowest BCUT2D eigenvalue weighted by atomic mass is 10.1. The Labute approximate surface area is 155 Å². The minimum Gasteiger partial charge on any atom is -0.424 e. The van der Waals surface area contributed by atoms with Crippen molar-refractivity contribution in [3.63, 3.8) is 0 Å². The van der Waals surface area contributed by atoms with Gasteiger partial charge in [-0.1, -0.05) is 35.9 Å². The Hall–Kier alpha value is -2.92. The Morgan fingerprint density at radius 3 is 2.81 bits per heavy atom. The molecule has 4 rings (SSSR count). The Kier molecular flexibility index (Phi) is 4.31. The maximum atomic E-state index is 12.6. The predicted octanol–water partition coefficient (Wildman–Crippen LogP) is 3.85. The first-order valence-corrected chi connectivity index (χ1v) is 8.61. The molecule has 1 aliphatic rings. The first kappa shape index (κ1) is 16.5. The molecule has 5 nitrogen and oxygen atoms in total. The van der Waals surface area contributed by atoms with E-state index in [0.717, 1.165) is 5.39 Å². The van der Waals surface area contributed by atoms with Gasteiger partial charge in [-0.15, -0.1) is 0 Å². The van der Waals surface area contributed by atoms with Crippen LogP contribution >= 0.6 is 11.6 Å². The van der Waals surface area contributed by atoms with Crippen LogP contribution in [0.15, 0.2) is 60.8 Å². The number of amides is 1. The van der Waals surface area contributed by atoms with Crippen molar-refractivity contribution in [3.05, 3.63) is 65.8 Å². The van der Waals surface area contributed by atoms with Gasteiger partial charge in [-0.2, -0.15) is 0 Å². The van der Waals surface area contributed by atoms with E-state index in [0.29, 0.717) is 22.0 Å². The van der Waals surface area contributed by atoms with E-state index in [-0.39, 0.29) is 18.9 Å². The molecular formula is C20H15ClN2O3. The molecule has 0 radical (unpaired) electrons. The van der Waals surface area contributed by atoms with Gasteiger partial charge in [0.15, 0.2) is 5.75 Å². The molecule has 6 heteroatoms. The number of anilines is 1. The summed E-state index contributed by atoms with van der Waals surface area (Å²) in [7, 11) is 0. The van der Waals surface area contributed by atoms with E-state index >= 15 is 0 Å². The summed E-state index contributed by atoms with van der Waals surface area (Å²) in [4.78, 5) is 30.8. The third-order valence-corrected chi connectivity index (χ3v) is 4.62. The molecule has 0 aliphatic carbocycles. The van der Waals surface area contributed by atoms with Crippen molar-refractivity contribution in [2.45, 2.75) is 6.42 Å². The number of ether oxygens (including phenoxy) is 1. The second-order valence-corrected chi connectivity index (χ2v) is 6.57. The average molecular weight is 367 g/mol. The van der Waals surface area contributed by atoms with Crippen LogP contribution in [-0.2, 0) is 9.59 Å². The summed E-state index contributed by atoms with van der Waals surface area (Å²) in [5.41, 5.74) is 1.31. The quantitative estimate of drug-likeness (QED) is 0.522. The molecular weight excluding hydrogens is 352 g/mol. The van der Waals surface area contributed by atoms with Gasteiger partial charge in [0.25, 0.3) is 0 Å². The molecule has 2 heterocycles. The molecule has 1 aliphatic heterocycles. The van der Waals surface area contributed by atoms with Gasteiger partial charge in [0.2, 0.25) is 5.91 Å². The molecule has 1 atom stereocenters. The van der Waals surface area contributed by atoms with Gasteiger partial charge >= 0.3 is 5.97 Å². The highest BCUT2D eigenvalue weighted by Crippen LogP contribution is 2.29. The maximum Gasteiger partial charge on any atom is 0.316 e. The van der Waals surface area contributed by atoms with E-state index in [1.807, 2.05) is 24.3 Å². The van der Waals surface area contributed by atoms with Gasteiger partial charge in [-0.05, 0) is 30.3 Å². The van der Waals surface area contributed by atoms with Gasteiger partial charge in [-0.25, -0.2) is 0 Å². The zero-order valence-corrected chi connectivity index (χ0v) is 14.5. The summed E-state index contributed by atoms with van der Waals surface area (Å²) in [5, 5.41) is 1.43. The molecule has 0 spiro atoms. The standard InChI is InChI=1S/C20H15ClN2O3/c21-15-6-2-7-16(11-15)23-12-14(10-18(23)24)20(25)26-17-8-1-4-13-5-3-9-22-19(13)17/h1-9,11,14H,10,12H2/t14-/m0/s1. The molecule has 26 heavy (non-hydrogen) atoms. The number of pyridine rings is 1. The Morgan fingerprint density at radius 1 is 1.15 bits per heavy atom. The van der Waals surface area contributed by atoms with Crippen molar-refractivity contribution in [2.75, 3.05) is 11.4 Å². The fourth-order valence-electron chi connectivity index (χ4n) is 3.11. The zero-order chi connectivity index (χ0) is 18.1. The number of carbonyl (C=O) groups is 2. The molecule has 0 unspecified atom stereocenters. The summed E-state index contributed by atoms with van der Waals surface area (Å²) in [6.45, 7) is 0.274. The second kappa shape index (κ2) is 6.77. The summed E-state index contributed by atoms with van der Waals surface area (Å²) < 4.78 is 5.56. The third-order valence-electron chi connectivity index (χ3n) is 4.38. The number of nitrogens with zero attached hydrogens (tertiary/aromatic N) is 2. The van der Waals surface area contributed by atoms with E-state index in [1.54, 1.807) is 41.4 Å². The number of fused-ring (bicyclic) bond motifs is 1. The normalized spacial score (nSPS) is 16.9. The van der Waals surface area contributed by atoms with Crippen molar-refractivity contribution in [1.29, 1.82) is 0 Å². The number of para-hydroxylation sites is 1. The van der Waals surface area contributed by atoms with E-state index in [9.17, 15) is 9.59 Å². The number of rotatable bonds is 3. The summed E-state index contributed by atoms with van der Waals surface area (Å²) in [5.74, 6) is -0.673. The first-order chi connectivity index (χ1) is 12.6. The van der Waals surface area contributed by atoms with Crippen LogP contribution in [0, 0.1) is 5.92 Å². The first-order valence-electron chi connectivity index (χ1n) is 8.23. The molecule has 0 saturated carbocycles. The summed E-state index contributed by atoms with van der Waals surface area (Å²) >= 11 is 6.00. The number of halogens is 1. The minimum absolute atomic E-state index is 0.115. The zero-order valence-electron chi connectivity index (χ0n) is 13.8. The highest BCUT2D eigenvalue weighted by Gasteiger charge is 2.36. The highest BCUT2D eigenvalue weighted by atomic mass is 35.5. The van der Waals surface area contributed by atoms with E-state index in [2.05, 4.69) is 4.98 Å². The monoisotopic (exact) mass is 366 g/mol. The van der Waals surface area contributed by atoms with E-state index in [4.69, 9.17) is 16.3 Å². The lowest BCUT2D eigenvalue weighted by molar-refractivity contribution is -0.139. The van der Waals surface area contributed by atoms with Gasteiger partial charge in [-0.3, -0.25) is 14.6 Å². The van der Waals surface area contributed by atoms with Gasteiger partial charge in [0.1, 0.15) is 5.52 Å². The lowest BCUT2D eigenvalue weighted by Gasteiger charge is -2.16. The molecule has 1 amide bonds. The maximum absolute atomic E-state index is 12.6. The molecule has 2 aromatic carbocycles. The number of carbonyl (C=O) groups excluding carboxylic acids is 2. The Bertz CT molecular complexity index is 1000. The molecule has 0 bridgehead atoms. The predicted molar refractivity (Wildman–Crippen MR) is 99.3 cm³/mol. The van der Waals surface area contributed by atoms with Gasteiger partial charge in [0, 0.05) is 35.3 Å². The van der Waals surface area contributed by atoms with Crippen LogP contribution in [-0.4, -0.2) is 23.4 Å². The van der Waals surface area contributed by atoms with Crippen molar-refractivity contribution in [2.24, 2.45) is 5.92 Å². The SMILES string of the molecule is O=C(Oc1cccc2cccnc12)[C@H]1CC(=O)N(c2cccc(Cl)c2)C1. The number of aromatic nitrogens is 1. The third kappa shape index (κ3) is 3.13. The van der Waals surface area contributed by atoms with Crippen molar-refractivity contribution >= 4 is 40.1 Å². The fraction of sp³-hybridized carbons (Fsp3) is 0.150. The summed E-state index contributed by atoms with van der Waals surface area (Å²) in [6, 6.07) is 16.2. The Balaban J connectivity index is 1.53. The van der Waals surface area contributed by atoms with Crippen LogP contribution in [0.1, 0.15) is 6.42 Å². The van der Waals surface area contributed by atoms with Crippen LogP contribution in [0.25, 0.3) is 10.9 Å². The van der Waals surface area contributed by atoms with Crippen LogP contribution in [0.4, 0.5) is 5.69 Å². The lowest BCUT2D eigenvalue weighted by Crippen LogP contribution is -2.27. The van der Waals surface area contributed by atoms with Crippen molar-refractivity contribution in [1.82, 2.24) is 4.98 Å². The molecule has 3 aromatic rings.